The lowest BCUT2D eigenvalue weighted by Gasteiger charge is -2.34. The van der Waals surface area contributed by atoms with E-state index in [-0.39, 0.29) is 28.9 Å². The van der Waals surface area contributed by atoms with E-state index in [1.54, 1.807) is 23.6 Å². The summed E-state index contributed by atoms with van der Waals surface area (Å²) in [5.74, 6) is -0.121. The molecule has 0 spiro atoms. The number of hydrogen-bond acceptors (Lipinski definition) is 4. The molecule has 2 aromatic rings. The van der Waals surface area contributed by atoms with Gasteiger partial charge in [0.25, 0.3) is 5.91 Å². The van der Waals surface area contributed by atoms with Crippen molar-refractivity contribution in [3.63, 3.8) is 0 Å². The number of hydrogen-bond donors (Lipinski definition) is 0. The second-order valence-electron chi connectivity index (χ2n) is 6.44. The predicted molar refractivity (Wildman–Crippen MR) is 104 cm³/mol. The first kappa shape index (κ1) is 20.1. The summed E-state index contributed by atoms with van der Waals surface area (Å²) in [5.41, 5.74) is 2.05. The zero-order valence-electron chi connectivity index (χ0n) is 15.2. The molecule has 146 valence electrons. The normalized spacial score (nSPS) is 16.0. The van der Waals surface area contributed by atoms with Gasteiger partial charge >= 0.3 is 0 Å². The summed E-state index contributed by atoms with van der Waals surface area (Å²) in [6.07, 6.45) is 0. The maximum Gasteiger partial charge on any atom is 0.257 e. The fraction of sp³-hybridized carbons (Fsp3) is 0.412. The van der Waals surface area contributed by atoms with Crippen LogP contribution >= 0.6 is 23.2 Å². The van der Waals surface area contributed by atoms with Crippen LogP contribution in [0.3, 0.4) is 0 Å². The zero-order chi connectivity index (χ0) is 19.9. The van der Waals surface area contributed by atoms with Crippen molar-refractivity contribution < 1.29 is 13.2 Å². The largest absolute Gasteiger partial charge is 0.336 e. The third-order valence-corrected chi connectivity index (χ3v) is 7.41. The van der Waals surface area contributed by atoms with Crippen LogP contribution < -0.4 is 0 Å². The molecule has 7 nitrogen and oxygen atoms in total. The summed E-state index contributed by atoms with van der Waals surface area (Å²) in [6, 6.07) is 4.24. The first-order valence-corrected chi connectivity index (χ1v) is 10.6. The van der Waals surface area contributed by atoms with Gasteiger partial charge in [0.2, 0.25) is 10.0 Å². The average Bonchev–Trinajstić information content (AvgIpc) is 2.89. The van der Waals surface area contributed by atoms with Crippen LogP contribution in [0.2, 0.25) is 10.0 Å². The number of nitrogens with zero attached hydrogens (tertiary/aromatic N) is 4. The van der Waals surface area contributed by atoms with Crippen molar-refractivity contribution >= 4 is 39.1 Å². The molecule has 0 saturated carbocycles. The van der Waals surface area contributed by atoms with E-state index in [1.807, 2.05) is 6.92 Å². The van der Waals surface area contributed by atoms with Crippen LogP contribution in [-0.4, -0.2) is 59.5 Å². The minimum absolute atomic E-state index is 0.0932. The predicted octanol–water partition coefficient (Wildman–Crippen LogP) is 2.49. The zero-order valence-corrected chi connectivity index (χ0v) is 17.6. The maximum atomic E-state index is 12.8. The fourth-order valence-corrected chi connectivity index (χ4v) is 4.97. The molecule has 1 aliphatic heterocycles. The summed E-state index contributed by atoms with van der Waals surface area (Å²) < 4.78 is 28.7. The molecule has 0 aliphatic carbocycles. The van der Waals surface area contributed by atoms with Gasteiger partial charge in [-0.05, 0) is 32.0 Å². The molecular formula is C17H20Cl2N4O3S. The van der Waals surface area contributed by atoms with Gasteiger partial charge in [0.1, 0.15) is 0 Å². The second kappa shape index (κ2) is 7.43. The minimum Gasteiger partial charge on any atom is -0.336 e. The lowest BCUT2D eigenvalue weighted by molar-refractivity contribution is 0.0696. The van der Waals surface area contributed by atoms with Gasteiger partial charge < -0.3 is 4.90 Å². The van der Waals surface area contributed by atoms with Crippen molar-refractivity contribution in [3.05, 3.63) is 45.2 Å². The maximum absolute atomic E-state index is 12.8. The molecule has 1 amide bonds. The van der Waals surface area contributed by atoms with Gasteiger partial charge in [0, 0.05) is 38.9 Å². The van der Waals surface area contributed by atoms with Gasteiger partial charge in [0.15, 0.2) is 0 Å². The van der Waals surface area contributed by atoms with Crippen molar-refractivity contribution in [1.82, 2.24) is 19.0 Å². The molecule has 3 rings (SSSR count). The van der Waals surface area contributed by atoms with E-state index in [0.717, 1.165) is 5.69 Å². The number of sulfonamides is 1. The molecule has 0 N–H and O–H groups in total. The van der Waals surface area contributed by atoms with E-state index < -0.39 is 10.0 Å². The first-order valence-electron chi connectivity index (χ1n) is 8.37. The average molecular weight is 431 g/mol. The summed E-state index contributed by atoms with van der Waals surface area (Å²) >= 11 is 11.8. The van der Waals surface area contributed by atoms with Crippen molar-refractivity contribution in [2.75, 3.05) is 26.2 Å². The summed E-state index contributed by atoms with van der Waals surface area (Å²) in [6.45, 7) is 4.70. The first-order chi connectivity index (χ1) is 12.6. The van der Waals surface area contributed by atoms with Gasteiger partial charge in [-0.25, -0.2) is 8.42 Å². The number of carbonyl (C=O) groups excluding carboxylic acids is 1. The standard InChI is InChI=1S/C17H20Cl2N4O3S/c1-11-16(12(2)21(3)20-11)17(24)22-6-8-23(9-7-22)27(25,26)13-4-5-14(18)15(19)10-13/h4-5,10H,6-9H2,1-3H3. The molecular weight excluding hydrogens is 411 g/mol. The smallest absolute Gasteiger partial charge is 0.257 e. The quantitative estimate of drug-likeness (QED) is 0.749. The number of aromatic nitrogens is 2. The molecule has 1 aromatic carbocycles. The summed E-state index contributed by atoms with van der Waals surface area (Å²) in [7, 11) is -1.90. The number of benzene rings is 1. The van der Waals surface area contributed by atoms with E-state index in [0.29, 0.717) is 29.4 Å². The highest BCUT2D eigenvalue weighted by atomic mass is 35.5. The highest BCUT2D eigenvalue weighted by molar-refractivity contribution is 7.89. The molecule has 10 heteroatoms. The molecule has 27 heavy (non-hydrogen) atoms. The molecule has 0 atom stereocenters. The highest BCUT2D eigenvalue weighted by Crippen LogP contribution is 2.27. The summed E-state index contributed by atoms with van der Waals surface area (Å²) in [5, 5.41) is 4.76. The van der Waals surface area contributed by atoms with Gasteiger partial charge in [-0.1, -0.05) is 23.2 Å². The third kappa shape index (κ3) is 3.71. The van der Waals surface area contributed by atoms with Crippen LogP contribution in [0.15, 0.2) is 23.1 Å². The number of rotatable bonds is 3. The van der Waals surface area contributed by atoms with Crippen molar-refractivity contribution in [1.29, 1.82) is 0 Å². The molecule has 1 aliphatic rings. The van der Waals surface area contributed by atoms with Crippen molar-refractivity contribution in [2.45, 2.75) is 18.7 Å². The molecule has 1 fully saturated rings. The Morgan fingerprint density at radius 2 is 1.70 bits per heavy atom. The third-order valence-electron chi connectivity index (χ3n) is 4.78. The van der Waals surface area contributed by atoms with Crippen LogP contribution in [0.4, 0.5) is 0 Å². The topological polar surface area (TPSA) is 75.5 Å². The number of carbonyl (C=O) groups is 1. The number of aryl methyl sites for hydroxylation is 2. The van der Waals surface area contributed by atoms with E-state index in [1.165, 1.54) is 22.5 Å². The van der Waals surface area contributed by atoms with Crippen LogP contribution in [0.1, 0.15) is 21.7 Å². The SMILES string of the molecule is Cc1nn(C)c(C)c1C(=O)N1CCN(S(=O)(=O)c2ccc(Cl)c(Cl)c2)CC1. The van der Waals surface area contributed by atoms with Crippen LogP contribution in [-0.2, 0) is 17.1 Å². The molecule has 0 bridgehead atoms. The Hall–Kier alpha value is -1.61. The fourth-order valence-electron chi connectivity index (χ4n) is 3.16. The Labute approximate surface area is 168 Å². The van der Waals surface area contributed by atoms with Gasteiger partial charge in [0.05, 0.1) is 26.2 Å². The Balaban J connectivity index is 1.74. The second-order valence-corrected chi connectivity index (χ2v) is 9.19. The Kier molecular flexibility index (Phi) is 5.54. The molecule has 0 radical (unpaired) electrons. The van der Waals surface area contributed by atoms with Crippen LogP contribution in [0.25, 0.3) is 0 Å². The summed E-state index contributed by atoms with van der Waals surface area (Å²) in [4.78, 5) is 14.6. The van der Waals surface area contributed by atoms with Gasteiger partial charge in [-0.3, -0.25) is 9.48 Å². The molecule has 1 saturated heterocycles. The van der Waals surface area contributed by atoms with Crippen molar-refractivity contribution in [2.24, 2.45) is 7.05 Å². The Morgan fingerprint density at radius 3 is 2.22 bits per heavy atom. The minimum atomic E-state index is -3.69. The lowest BCUT2D eigenvalue weighted by Crippen LogP contribution is -2.50. The number of piperazine rings is 1. The van der Waals surface area contributed by atoms with E-state index >= 15 is 0 Å². The molecule has 2 heterocycles. The highest BCUT2D eigenvalue weighted by Gasteiger charge is 2.32. The molecule has 1 aromatic heterocycles. The van der Waals surface area contributed by atoms with Gasteiger partial charge in [-0.15, -0.1) is 0 Å². The van der Waals surface area contributed by atoms with Crippen LogP contribution in [0, 0.1) is 13.8 Å². The van der Waals surface area contributed by atoms with Crippen molar-refractivity contribution in [3.8, 4) is 0 Å². The Morgan fingerprint density at radius 1 is 1.07 bits per heavy atom. The lowest BCUT2D eigenvalue weighted by atomic mass is 10.1. The van der Waals surface area contributed by atoms with E-state index in [4.69, 9.17) is 23.2 Å². The Bertz CT molecular complexity index is 996. The van der Waals surface area contributed by atoms with E-state index in [2.05, 4.69) is 5.10 Å². The number of amides is 1. The van der Waals surface area contributed by atoms with Gasteiger partial charge in [-0.2, -0.15) is 9.40 Å². The monoisotopic (exact) mass is 430 g/mol. The van der Waals surface area contributed by atoms with E-state index in [9.17, 15) is 13.2 Å². The number of halogens is 2. The molecule has 0 unspecified atom stereocenters. The van der Waals surface area contributed by atoms with Crippen LogP contribution in [0.5, 0.6) is 0 Å².